The predicted molar refractivity (Wildman–Crippen MR) is 246 cm³/mol. The Morgan fingerprint density at radius 2 is 0.897 bits per heavy atom. The number of furan rings is 1. The summed E-state index contributed by atoms with van der Waals surface area (Å²) in [7, 11) is 0. The summed E-state index contributed by atoms with van der Waals surface area (Å²) in [5.74, 6) is 0. The molecule has 0 fully saturated rings. The second kappa shape index (κ2) is 13.2. The maximum atomic E-state index is 6.40. The van der Waals surface area contributed by atoms with Gasteiger partial charge in [-0.1, -0.05) is 66.7 Å². The fourth-order valence-electron chi connectivity index (χ4n) is 8.82. The van der Waals surface area contributed by atoms with Crippen molar-refractivity contribution in [2.45, 2.75) is 0 Å². The Hall–Kier alpha value is -7.10. The number of fused-ring (bicyclic) bond motifs is 9. The number of hydrogen-bond acceptors (Lipinski definition) is 2. The molecule has 0 aliphatic rings. The molecular weight excluding hydrogens is 772 g/mol. The summed E-state index contributed by atoms with van der Waals surface area (Å²) in [4.78, 5) is 2.33. The summed E-state index contributed by atoms with van der Waals surface area (Å²) in [6, 6.07) is 74.9. The van der Waals surface area contributed by atoms with Gasteiger partial charge in [0.15, 0.2) is 0 Å². The quantitative estimate of drug-likeness (QED) is 0.156. The normalized spacial score (nSPS) is 11.8. The van der Waals surface area contributed by atoms with Crippen LogP contribution in [0.3, 0.4) is 0 Å². The van der Waals surface area contributed by atoms with Crippen LogP contribution in [-0.4, -0.2) is 19.1 Å². The van der Waals surface area contributed by atoms with E-state index in [1.165, 1.54) is 57.8 Å². The number of benzene rings is 9. The van der Waals surface area contributed by atoms with Crippen LogP contribution in [-0.2, 0) is 0 Å². The Morgan fingerprint density at radius 3 is 1.69 bits per heavy atom. The topological polar surface area (TPSA) is 21.3 Å². The van der Waals surface area contributed by atoms with Crippen LogP contribution in [0.2, 0.25) is 0 Å². The summed E-state index contributed by atoms with van der Waals surface area (Å²) in [5, 5.41) is 7.51. The molecule has 3 nitrogen and oxygen atoms in total. The Kier molecular flexibility index (Phi) is 7.56. The number of para-hydroxylation sites is 3. The SMILES string of the molecule is c1ccc(-n2c3ccccc3c3ccc(-c4ccc(N(c5ccc(-c6ccc7[se]c8ccccc8c7c6)cc5)c5ccc6c(c5)oc5ccccc56)cc4)cc32)cc1. The zero-order chi connectivity index (χ0) is 38.2. The van der Waals surface area contributed by atoms with Crippen LogP contribution in [0.5, 0.6) is 0 Å². The second-order valence-electron chi connectivity index (χ2n) is 14.9. The van der Waals surface area contributed by atoms with E-state index in [9.17, 15) is 0 Å². The van der Waals surface area contributed by atoms with E-state index in [2.05, 4.69) is 204 Å². The molecule has 0 atom stereocenters. The third kappa shape index (κ3) is 5.34. The van der Waals surface area contributed by atoms with Crippen LogP contribution in [0, 0.1) is 0 Å². The van der Waals surface area contributed by atoms with Crippen molar-refractivity contribution in [3.8, 4) is 27.9 Å². The first-order valence-corrected chi connectivity index (χ1v) is 21.4. The van der Waals surface area contributed by atoms with Gasteiger partial charge in [0, 0.05) is 27.2 Å². The summed E-state index contributed by atoms with van der Waals surface area (Å²) >= 11 is 0.361. The molecule has 3 aromatic heterocycles. The second-order valence-corrected chi connectivity index (χ2v) is 17.2. The molecule has 0 bridgehead atoms. The first kappa shape index (κ1) is 33.1. The predicted octanol–water partition coefficient (Wildman–Crippen LogP) is 14.9. The van der Waals surface area contributed by atoms with Gasteiger partial charge in [-0.3, -0.25) is 0 Å². The van der Waals surface area contributed by atoms with Gasteiger partial charge < -0.3 is 8.98 Å². The number of rotatable bonds is 6. The minimum atomic E-state index is 0.361. The molecule has 0 aliphatic carbocycles. The van der Waals surface area contributed by atoms with Gasteiger partial charge in [-0.05, 0) is 41.5 Å². The van der Waals surface area contributed by atoms with Crippen molar-refractivity contribution in [2.75, 3.05) is 4.90 Å². The third-order valence-electron chi connectivity index (χ3n) is 11.6. The first-order valence-electron chi connectivity index (χ1n) is 19.7. The van der Waals surface area contributed by atoms with Gasteiger partial charge >= 0.3 is 182 Å². The molecule has 0 saturated carbocycles. The van der Waals surface area contributed by atoms with Crippen molar-refractivity contribution < 1.29 is 4.42 Å². The third-order valence-corrected chi connectivity index (χ3v) is 14.0. The van der Waals surface area contributed by atoms with E-state index in [1.807, 2.05) is 12.1 Å². The molecule has 0 saturated heterocycles. The molecule has 3 heterocycles. The summed E-state index contributed by atoms with van der Waals surface area (Å²) in [5.41, 5.74) is 13.3. The van der Waals surface area contributed by atoms with Crippen molar-refractivity contribution in [3.63, 3.8) is 0 Å². The molecule has 12 rings (SSSR count). The van der Waals surface area contributed by atoms with E-state index >= 15 is 0 Å². The molecule has 9 aromatic carbocycles. The molecule has 0 amide bonds. The fourth-order valence-corrected chi connectivity index (χ4v) is 11.1. The van der Waals surface area contributed by atoms with Crippen molar-refractivity contribution in [2.24, 2.45) is 0 Å². The fraction of sp³-hybridized carbons (Fsp3) is 0. The van der Waals surface area contributed by atoms with Crippen molar-refractivity contribution in [3.05, 3.63) is 206 Å². The number of hydrogen-bond donors (Lipinski definition) is 0. The van der Waals surface area contributed by atoms with Gasteiger partial charge in [0.1, 0.15) is 5.58 Å². The van der Waals surface area contributed by atoms with E-state index in [0.29, 0.717) is 14.5 Å². The van der Waals surface area contributed by atoms with Crippen LogP contribution in [0.4, 0.5) is 17.1 Å². The van der Waals surface area contributed by atoms with E-state index in [-0.39, 0.29) is 0 Å². The zero-order valence-electron chi connectivity index (χ0n) is 31.3. The summed E-state index contributed by atoms with van der Waals surface area (Å²) in [6.07, 6.45) is 0. The van der Waals surface area contributed by atoms with E-state index in [0.717, 1.165) is 50.3 Å². The van der Waals surface area contributed by atoms with Crippen LogP contribution >= 0.6 is 0 Å². The standard InChI is InChI=1S/C54H34N2OSe/c1-2-10-39(11-3-1)56-49-15-7-4-12-43(49)44-29-22-38(33-50(44)56)36-20-26-41(27-21-36)55(42-28-30-46-45-13-5-8-16-51(45)57-52(46)34-42)40-24-18-35(19-25-40)37-23-31-54-48(32-37)47-14-6-9-17-53(47)58-54/h1-34H. The molecule has 12 aromatic rings. The van der Waals surface area contributed by atoms with Gasteiger partial charge in [0.05, 0.1) is 11.0 Å². The van der Waals surface area contributed by atoms with Crippen LogP contribution in [0.25, 0.3) is 91.0 Å². The first-order chi connectivity index (χ1) is 28.7. The van der Waals surface area contributed by atoms with E-state index < -0.39 is 0 Å². The number of anilines is 3. The molecule has 0 spiro atoms. The summed E-state index contributed by atoms with van der Waals surface area (Å²) < 4.78 is 11.7. The van der Waals surface area contributed by atoms with E-state index in [1.54, 1.807) is 0 Å². The van der Waals surface area contributed by atoms with Crippen molar-refractivity contribution >= 4 is 94.6 Å². The van der Waals surface area contributed by atoms with Crippen LogP contribution in [0.15, 0.2) is 211 Å². The van der Waals surface area contributed by atoms with Gasteiger partial charge in [-0.2, -0.15) is 0 Å². The minimum absolute atomic E-state index is 0.361. The average molecular weight is 806 g/mol. The van der Waals surface area contributed by atoms with Crippen molar-refractivity contribution in [1.29, 1.82) is 0 Å². The molecule has 0 aliphatic heterocycles. The minimum Gasteiger partial charge on any atom is -0.0602 e. The Labute approximate surface area is 341 Å². The summed E-state index contributed by atoms with van der Waals surface area (Å²) in [6.45, 7) is 0. The maximum absolute atomic E-state index is 6.40. The molecule has 0 N–H and O–H groups in total. The molecule has 0 unspecified atom stereocenters. The van der Waals surface area contributed by atoms with Gasteiger partial charge in [0.25, 0.3) is 0 Å². The van der Waals surface area contributed by atoms with Gasteiger partial charge in [0.2, 0.25) is 0 Å². The molecule has 0 radical (unpaired) electrons. The molecule has 4 heteroatoms. The van der Waals surface area contributed by atoms with E-state index in [4.69, 9.17) is 4.42 Å². The Bertz CT molecular complexity index is 3500. The van der Waals surface area contributed by atoms with Gasteiger partial charge in [-0.15, -0.1) is 0 Å². The number of nitrogens with zero attached hydrogens (tertiary/aromatic N) is 2. The van der Waals surface area contributed by atoms with Crippen LogP contribution < -0.4 is 4.90 Å². The molecule has 272 valence electrons. The monoisotopic (exact) mass is 806 g/mol. The number of aromatic nitrogens is 1. The molecular formula is C54H34N2OSe. The van der Waals surface area contributed by atoms with Crippen molar-refractivity contribution in [1.82, 2.24) is 4.57 Å². The van der Waals surface area contributed by atoms with Gasteiger partial charge in [-0.25, -0.2) is 0 Å². The molecule has 58 heavy (non-hydrogen) atoms. The van der Waals surface area contributed by atoms with Crippen LogP contribution in [0.1, 0.15) is 0 Å². The zero-order valence-corrected chi connectivity index (χ0v) is 33.1. The smallest absolute Gasteiger partial charge is 0.0602 e. The Balaban J connectivity index is 0.956. The average Bonchev–Trinajstić information content (AvgIpc) is 3.96. The Morgan fingerprint density at radius 1 is 0.345 bits per heavy atom.